The molecule has 0 aliphatic carbocycles. The molecule has 0 spiro atoms. The predicted octanol–water partition coefficient (Wildman–Crippen LogP) is 3.44. The van der Waals surface area contributed by atoms with Gasteiger partial charge in [-0.25, -0.2) is 0 Å². The van der Waals surface area contributed by atoms with Crippen molar-refractivity contribution in [2.75, 3.05) is 13.1 Å². The van der Waals surface area contributed by atoms with Gasteiger partial charge in [0.15, 0.2) is 0 Å². The Labute approximate surface area is 97.8 Å². The molecule has 0 bridgehead atoms. The van der Waals surface area contributed by atoms with Crippen molar-refractivity contribution < 1.29 is 0 Å². The first-order valence-electron chi connectivity index (χ1n) is 5.59. The van der Waals surface area contributed by atoms with Crippen molar-refractivity contribution in [3.05, 3.63) is 34.3 Å². The Morgan fingerprint density at radius 1 is 1.40 bits per heavy atom. The summed E-state index contributed by atoms with van der Waals surface area (Å²) in [5.74, 6) is 0.656. The quantitative estimate of drug-likeness (QED) is 0.810. The van der Waals surface area contributed by atoms with Gasteiger partial charge in [0.05, 0.1) is 0 Å². The molecule has 0 heterocycles. The van der Waals surface area contributed by atoms with Crippen molar-refractivity contribution in [1.82, 2.24) is 5.32 Å². The Hall–Kier alpha value is -0.530. The van der Waals surface area contributed by atoms with Crippen LogP contribution in [-0.4, -0.2) is 13.1 Å². The molecule has 15 heavy (non-hydrogen) atoms. The minimum Gasteiger partial charge on any atom is -0.317 e. The molecule has 2 heteroatoms. The number of benzene rings is 1. The topological polar surface area (TPSA) is 12.0 Å². The van der Waals surface area contributed by atoms with E-state index in [4.69, 9.17) is 11.6 Å². The van der Waals surface area contributed by atoms with Crippen LogP contribution in [-0.2, 0) is 6.42 Å². The first kappa shape index (κ1) is 12.5. The normalized spacial score (nSPS) is 12.8. The van der Waals surface area contributed by atoms with Crippen LogP contribution in [0.5, 0.6) is 0 Å². The summed E-state index contributed by atoms with van der Waals surface area (Å²) < 4.78 is 0. The minimum atomic E-state index is 0.656. The standard InChI is InChI=1S/C13H20ClN/c1-4-15-9-10(2)7-12-6-5-11(3)13(14)8-12/h5-6,8,10,15H,4,7,9H2,1-3H3. The Kier molecular flexibility index (Phi) is 5.13. The molecule has 1 atom stereocenters. The highest BCUT2D eigenvalue weighted by Gasteiger charge is 2.04. The van der Waals surface area contributed by atoms with Crippen LogP contribution in [0.25, 0.3) is 0 Å². The second-order valence-electron chi connectivity index (χ2n) is 4.20. The molecule has 1 unspecified atom stereocenters. The van der Waals surface area contributed by atoms with Crippen LogP contribution in [0.1, 0.15) is 25.0 Å². The minimum absolute atomic E-state index is 0.656. The fourth-order valence-corrected chi connectivity index (χ4v) is 1.83. The number of hydrogen-bond acceptors (Lipinski definition) is 1. The monoisotopic (exact) mass is 225 g/mol. The fourth-order valence-electron chi connectivity index (χ4n) is 1.63. The molecule has 0 aromatic heterocycles. The zero-order chi connectivity index (χ0) is 11.3. The number of hydrogen-bond donors (Lipinski definition) is 1. The van der Waals surface area contributed by atoms with Gasteiger partial charge >= 0.3 is 0 Å². The molecule has 0 saturated carbocycles. The molecule has 0 saturated heterocycles. The van der Waals surface area contributed by atoms with E-state index in [0.717, 1.165) is 30.1 Å². The molecule has 1 N–H and O–H groups in total. The number of aryl methyl sites for hydroxylation is 1. The van der Waals surface area contributed by atoms with Gasteiger partial charge in [0.25, 0.3) is 0 Å². The van der Waals surface area contributed by atoms with Crippen LogP contribution >= 0.6 is 11.6 Å². The second-order valence-corrected chi connectivity index (χ2v) is 4.61. The first-order valence-corrected chi connectivity index (χ1v) is 5.97. The van der Waals surface area contributed by atoms with Crippen LogP contribution < -0.4 is 5.32 Å². The molecular formula is C13H20ClN. The van der Waals surface area contributed by atoms with E-state index in [1.807, 2.05) is 6.92 Å². The van der Waals surface area contributed by atoms with E-state index < -0.39 is 0 Å². The lowest BCUT2D eigenvalue weighted by Crippen LogP contribution is -2.21. The summed E-state index contributed by atoms with van der Waals surface area (Å²) in [4.78, 5) is 0. The third-order valence-corrected chi connectivity index (χ3v) is 2.97. The second kappa shape index (κ2) is 6.14. The van der Waals surface area contributed by atoms with Crippen molar-refractivity contribution in [1.29, 1.82) is 0 Å². The highest BCUT2D eigenvalue weighted by Crippen LogP contribution is 2.18. The average molecular weight is 226 g/mol. The summed E-state index contributed by atoms with van der Waals surface area (Å²) in [7, 11) is 0. The van der Waals surface area contributed by atoms with Crippen LogP contribution in [0.2, 0.25) is 5.02 Å². The summed E-state index contributed by atoms with van der Waals surface area (Å²) in [5, 5.41) is 4.24. The van der Waals surface area contributed by atoms with Crippen LogP contribution in [0.15, 0.2) is 18.2 Å². The van der Waals surface area contributed by atoms with E-state index in [2.05, 4.69) is 37.4 Å². The molecule has 0 aliphatic rings. The predicted molar refractivity (Wildman–Crippen MR) is 67.6 cm³/mol. The number of nitrogens with one attached hydrogen (secondary N) is 1. The third kappa shape index (κ3) is 4.23. The largest absolute Gasteiger partial charge is 0.317 e. The van der Waals surface area contributed by atoms with E-state index in [-0.39, 0.29) is 0 Å². The van der Waals surface area contributed by atoms with Crippen LogP contribution in [0, 0.1) is 12.8 Å². The van der Waals surface area contributed by atoms with E-state index in [1.165, 1.54) is 5.56 Å². The number of rotatable bonds is 5. The van der Waals surface area contributed by atoms with Crippen molar-refractivity contribution in [3.63, 3.8) is 0 Å². The molecule has 84 valence electrons. The molecule has 0 amide bonds. The average Bonchev–Trinajstić information content (AvgIpc) is 2.20. The van der Waals surface area contributed by atoms with Gasteiger partial charge in [-0.3, -0.25) is 0 Å². The number of halogens is 1. The van der Waals surface area contributed by atoms with Gasteiger partial charge in [-0.1, -0.05) is 37.6 Å². The maximum atomic E-state index is 6.09. The molecule has 0 fully saturated rings. The van der Waals surface area contributed by atoms with Gasteiger partial charge in [-0.15, -0.1) is 0 Å². The Morgan fingerprint density at radius 2 is 2.13 bits per heavy atom. The maximum Gasteiger partial charge on any atom is 0.0437 e. The molecule has 0 aliphatic heterocycles. The van der Waals surface area contributed by atoms with Crippen LogP contribution in [0.4, 0.5) is 0 Å². The maximum absolute atomic E-state index is 6.09. The SMILES string of the molecule is CCNCC(C)Cc1ccc(C)c(Cl)c1. The van der Waals surface area contributed by atoms with Gasteiger partial charge in [0, 0.05) is 5.02 Å². The Bertz CT molecular complexity index is 309. The Morgan fingerprint density at radius 3 is 2.73 bits per heavy atom. The summed E-state index contributed by atoms with van der Waals surface area (Å²) in [6.45, 7) is 8.54. The van der Waals surface area contributed by atoms with Gasteiger partial charge in [0.1, 0.15) is 0 Å². The summed E-state index contributed by atoms with van der Waals surface area (Å²) in [5.41, 5.74) is 2.48. The molecule has 1 aromatic rings. The smallest absolute Gasteiger partial charge is 0.0437 e. The zero-order valence-electron chi connectivity index (χ0n) is 9.81. The lowest BCUT2D eigenvalue weighted by Gasteiger charge is -2.12. The first-order chi connectivity index (χ1) is 7.13. The summed E-state index contributed by atoms with van der Waals surface area (Å²) in [6, 6.07) is 6.35. The summed E-state index contributed by atoms with van der Waals surface area (Å²) in [6.07, 6.45) is 1.09. The van der Waals surface area contributed by atoms with Crippen molar-refractivity contribution in [3.8, 4) is 0 Å². The highest BCUT2D eigenvalue weighted by atomic mass is 35.5. The molecule has 1 rings (SSSR count). The van der Waals surface area contributed by atoms with Crippen molar-refractivity contribution in [2.45, 2.75) is 27.2 Å². The van der Waals surface area contributed by atoms with Crippen LogP contribution in [0.3, 0.4) is 0 Å². The zero-order valence-corrected chi connectivity index (χ0v) is 10.6. The molecule has 0 radical (unpaired) electrons. The molecule has 1 nitrogen and oxygen atoms in total. The lowest BCUT2D eigenvalue weighted by atomic mass is 10.0. The van der Waals surface area contributed by atoms with Gasteiger partial charge in [0.2, 0.25) is 0 Å². The fraction of sp³-hybridized carbons (Fsp3) is 0.538. The van der Waals surface area contributed by atoms with Gasteiger partial charge in [-0.05, 0) is 49.5 Å². The van der Waals surface area contributed by atoms with E-state index in [0.29, 0.717) is 5.92 Å². The highest BCUT2D eigenvalue weighted by molar-refractivity contribution is 6.31. The molecular weight excluding hydrogens is 206 g/mol. The van der Waals surface area contributed by atoms with Gasteiger partial charge in [-0.2, -0.15) is 0 Å². The Balaban J connectivity index is 2.53. The molecule has 1 aromatic carbocycles. The summed E-state index contributed by atoms with van der Waals surface area (Å²) >= 11 is 6.09. The van der Waals surface area contributed by atoms with Gasteiger partial charge < -0.3 is 5.32 Å². The van der Waals surface area contributed by atoms with Crippen molar-refractivity contribution >= 4 is 11.6 Å². The van der Waals surface area contributed by atoms with E-state index in [9.17, 15) is 0 Å². The lowest BCUT2D eigenvalue weighted by molar-refractivity contribution is 0.521. The van der Waals surface area contributed by atoms with Crippen molar-refractivity contribution in [2.24, 2.45) is 5.92 Å². The van der Waals surface area contributed by atoms with E-state index >= 15 is 0 Å². The van der Waals surface area contributed by atoms with E-state index in [1.54, 1.807) is 0 Å². The third-order valence-electron chi connectivity index (χ3n) is 2.56.